The van der Waals surface area contributed by atoms with Gasteiger partial charge in [0.05, 0.1) is 12.7 Å². The number of benzene rings is 2. The Morgan fingerprint density at radius 3 is 2.33 bits per heavy atom. The first-order chi connectivity index (χ1) is 15.8. The highest BCUT2D eigenvalue weighted by atomic mass is 19.4. The second-order valence-electron chi connectivity index (χ2n) is 7.51. The average Bonchev–Trinajstić information content (AvgIpc) is 2.84. The fraction of sp³-hybridized carbons (Fsp3) is 0.280. The van der Waals surface area contributed by atoms with E-state index in [4.69, 9.17) is 4.74 Å². The summed E-state index contributed by atoms with van der Waals surface area (Å²) in [4.78, 5) is 17.0. The van der Waals surface area contributed by atoms with Crippen LogP contribution in [0.15, 0.2) is 72.9 Å². The average molecular weight is 457 g/mol. The van der Waals surface area contributed by atoms with Crippen molar-refractivity contribution in [3.63, 3.8) is 0 Å². The van der Waals surface area contributed by atoms with Crippen molar-refractivity contribution in [2.24, 2.45) is 0 Å². The quantitative estimate of drug-likeness (QED) is 0.482. The van der Waals surface area contributed by atoms with Gasteiger partial charge >= 0.3 is 6.18 Å². The van der Waals surface area contributed by atoms with Gasteiger partial charge in [0.15, 0.2) is 0 Å². The molecule has 0 aliphatic rings. The topological polar surface area (TPSA) is 63.2 Å². The number of methoxy groups -OCH3 is 1. The summed E-state index contributed by atoms with van der Waals surface area (Å²) in [5, 5.41) is 6.09. The number of hydrogen-bond acceptors (Lipinski definition) is 4. The summed E-state index contributed by atoms with van der Waals surface area (Å²) in [6.45, 7) is 0. The van der Waals surface area contributed by atoms with E-state index in [-0.39, 0.29) is 11.9 Å². The number of halogens is 3. The molecule has 0 aliphatic heterocycles. The molecule has 1 amide bonds. The highest BCUT2D eigenvalue weighted by Gasteiger charge is 2.30. The van der Waals surface area contributed by atoms with Crippen LogP contribution in [0.5, 0.6) is 5.88 Å². The van der Waals surface area contributed by atoms with Gasteiger partial charge in [0, 0.05) is 24.8 Å². The maximum Gasteiger partial charge on any atom is 0.416 e. The first-order valence-electron chi connectivity index (χ1n) is 10.5. The van der Waals surface area contributed by atoms with Crippen LogP contribution in [0, 0.1) is 0 Å². The number of carbonyl (C=O) groups is 1. The number of carbonyl (C=O) groups excluding carboxylic acids is 1. The van der Waals surface area contributed by atoms with Crippen LogP contribution in [0.25, 0.3) is 0 Å². The molecular formula is C25H26F3N3O2. The second-order valence-corrected chi connectivity index (χ2v) is 7.51. The number of nitrogens with zero attached hydrogens (tertiary/aromatic N) is 1. The first-order valence-corrected chi connectivity index (χ1v) is 10.5. The molecule has 0 saturated carbocycles. The minimum atomic E-state index is -4.37. The molecule has 174 valence electrons. The van der Waals surface area contributed by atoms with Crippen molar-refractivity contribution in [1.82, 2.24) is 15.6 Å². The number of pyridine rings is 1. The SMILES string of the molecule is CNC(=O)[C@@H](N[C@H](CCc1ccc(C(F)(F)F)cc1)c1cccnc1OC)c1ccccc1. The number of alkyl halides is 3. The van der Waals surface area contributed by atoms with Gasteiger partial charge in [-0.15, -0.1) is 0 Å². The second kappa shape index (κ2) is 11.0. The third kappa shape index (κ3) is 6.32. The molecule has 0 fully saturated rings. The molecule has 1 aromatic heterocycles. The highest BCUT2D eigenvalue weighted by Crippen LogP contribution is 2.31. The van der Waals surface area contributed by atoms with Crippen LogP contribution >= 0.6 is 0 Å². The molecule has 2 N–H and O–H groups in total. The van der Waals surface area contributed by atoms with E-state index in [2.05, 4.69) is 15.6 Å². The summed E-state index contributed by atoms with van der Waals surface area (Å²) in [6.07, 6.45) is -1.76. The Labute approximate surface area is 191 Å². The molecule has 8 heteroatoms. The van der Waals surface area contributed by atoms with Crippen molar-refractivity contribution in [3.8, 4) is 5.88 Å². The van der Waals surface area contributed by atoms with Gasteiger partial charge in [0.25, 0.3) is 0 Å². The van der Waals surface area contributed by atoms with Gasteiger partial charge in [-0.3, -0.25) is 10.1 Å². The number of amides is 1. The summed E-state index contributed by atoms with van der Waals surface area (Å²) < 4.78 is 44.1. The van der Waals surface area contributed by atoms with Crippen LogP contribution in [0.2, 0.25) is 0 Å². The Morgan fingerprint density at radius 1 is 1.03 bits per heavy atom. The molecule has 2 aromatic carbocycles. The maximum absolute atomic E-state index is 12.9. The molecule has 33 heavy (non-hydrogen) atoms. The standard InChI is InChI=1S/C25H26F3N3O2/c1-29-23(32)22(18-7-4-3-5-8-18)31-21(20-9-6-16-30-24(20)33-2)15-12-17-10-13-19(14-11-17)25(26,27)28/h3-11,13-14,16,21-22,31H,12,15H2,1-2H3,(H,29,32)/t21-,22+/m1/s1. The third-order valence-corrected chi connectivity index (χ3v) is 5.38. The molecule has 0 bridgehead atoms. The molecule has 0 spiro atoms. The lowest BCUT2D eigenvalue weighted by Gasteiger charge is -2.26. The van der Waals surface area contributed by atoms with Crippen LogP contribution in [0.1, 0.15) is 40.8 Å². The molecule has 3 aromatic rings. The molecule has 0 unspecified atom stereocenters. The van der Waals surface area contributed by atoms with Gasteiger partial charge in [-0.2, -0.15) is 13.2 Å². The zero-order valence-corrected chi connectivity index (χ0v) is 18.4. The van der Waals surface area contributed by atoms with Gasteiger partial charge in [-0.05, 0) is 42.2 Å². The molecule has 3 rings (SSSR count). The van der Waals surface area contributed by atoms with Gasteiger partial charge in [-0.25, -0.2) is 4.98 Å². The number of aryl methyl sites for hydroxylation is 1. The number of aromatic nitrogens is 1. The Morgan fingerprint density at radius 2 is 1.73 bits per heavy atom. The Balaban J connectivity index is 1.88. The van der Waals surface area contributed by atoms with Crippen molar-refractivity contribution in [3.05, 3.63) is 95.2 Å². The van der Waals surface area contributed by atoms with Gasteiger partial charge in [0.1, 0.15) is 6.04 Å². The summed E-state index contributed by atoms with van der Waals surface area (Å²) in [6, 6.07) is 17.1. The van der Waals surface area contributed by atoms with E-state index in [1.54, 1.807) is 19.3 Å². The van der Waals surface area contributed by atoms with Crippen LogP contribution in [0.4, 0.5) is 13.2 Å². The first kappa shape index (κ1) is 24.3. The molecule has 1 heterocycles. The van der Waals surface area contributed by atoms with E-state index in [0.717, 1.165) is 28.8 Å². The minimum absolute atomic E-state index is 0.205. The fourth-order valence-corrected chi connectivity index (χ4v) is 3.65. The van der Waals surface area contributed by atoms with Crippen LogP contribution in [0.3, 0.4) is 0 Å². The zero-order valence-electron chi connectivity index (χ0n) is 18.4. The van der Waals surface area contributed by atoms with Crippen molar-refractivity contribution in [2.45, 2.75) is 31.1 Å². The molecule has 0 radical (unpaired) electrons. The highest BCUT2D eigenvalue weighted by molar-refractivity contribution is 5.83. The predicted octanol–water partition coefficient (Wildman–Crippen LogP) is 4.86. The normalized spacial score (nSPS) is 13.2. The van der Waals surface area contributed by atoms with E-state index in [1.165, 1.54) is 19.2 Å². The molecule has 2 atom stereocenters. The Kier molecular flexibility index (Phi) is 8.06. The van der Waals surface area contributed by atoms with Gasteiger partial charge in [-0.1, -0.05) is 48.5 Å². The summed E-state index contributed by atoms with van der Waals surface area (Å²) in [5.74, 6) is 0.217. The van der Waals surface area contributed by atoms with E-state index >= 15 is 0 Å². The van der Waals surface area contributed by atoms with Crippen molar-refractivity contribution in [2.75, 3.05) is 14.2 Å². The van der Waals surface area contributed by atoms with E-state index in [9.17, 15) is 18.0 Å². The molecule has 5 nitrogen and oxygen atoms in total. The van der Waals surface area contributed by atoms with Crippen molar-refractivity contribution >= 4 is 5.91 Å². The molecule has 0 aliphatic carbocycles. The summed E-state index contributed by atoms with van der Waals surface area (Å²) in [5.41, 5.74) is 1.63. The van der Waals surface area contributed by atoms with Gasteiger partial charge < -0.3 is 10.1 Å². The lowest BCUT2D eigenvalue weighted by Crippen LogP contribution is -2.38. The number of ether oxygens (including phenoxy) is 1. The van der Waals surface area contributed by atoms with E-state index < -0.39 is 17.8 Å². The van der Waals surface area contributed by atoms with Crippen LogP contribution in [-0.4, -0.2) is 25.0 Å². The Bertz CT molecular complexity index is 1040. The summed E-state index contributed by atoms with van der Waals surface area (Å²) >= 11 is 0. The van der Waals surface area contributed by atoms with E-state index in [1.807, 2.05) is 36.4 Å². The number of rotatable bonds is 9. The third-order valence-electron chi connectivity index (χ3n) is 5.38. The van der Waals surface area contributed by atoms with Crippen LogP contribution in [-0.2, 0) is 17.4 Å². The Hall–Kier alpha value is -3.39. The van der Waals surface area contributed by atoms with Crippen molar-refractivity contribution in [1.29, 1.82) is 0 Å². The van der Waals surface area contributed by atoms with Crippen LogP contribution < -0.4 is 15.4 Å². The number of hydrogen-bond donors (Lipinski definition) is 2. The van der Waals surface area contributed by atoms with Gasteiger partial charge in [0.2, 0.25) is 11.8 Å². The maximum atomic E-state index is 12.9. The summed E-state index contributed by atoms with van der Waals surface area (Å²) in [7, 11) is 3.09. The van der Waals surface area contributed by atoms with Crippen molar-refractivity contribution < 1.29 is 22.7 Å². The number of likely N-dealkylation sites (N-methyl/N-ethyl adjacent to an activating group) is 1. The molecule has 0 saturated heterocycles. The molecular weight excluding hydrogens is 431 g/mol. The minimum Gasteiger partial charge on any atom is -0.481 e. The fourth-order valence-electron chi connectivity index (χ4n) is 3.65. The largest absolute Gasteiger partial charge is 0.481 e. The lowest BCUT2D eigenvalue weighted by molar-refractivity contribution is -0.137. The number of nitrogens with one attached hydrogen (secondary N) is 2. The predicted molar refractivity (Wildman–Crippen MR) is 120 cm³/mol. The zero-order chi connectivity index (χ0) is 23.8. The smallest absolute Gasteiger partial charge is 0.416 e. The van der Waals surface area contributed by atoms with E-state index in [0.29, 0.717) is 18.7 Å². The lowest BCUT2D eigenvalue weighted by atomic mass is 9.96. The monoisotopic (exact) mass is 457 g/mol.